The smallest absolute Gasteiger partial charge is 0.238 e. The average molecular weight is 389 g/mol. The highest BCUT2D eigenvalue weighted by Crippen LogP contribution is 2.21. The van der Waals surface area contributed by atoms with Crippen molar-refractivity contribution in [1.29, 1.82) is 0 Å². The Balaban J connectivity index is 1.60. The number of carbonyl (C=O) groups excluding carboxylic acids is 1. The number of rotatable bonds is 6. The van der Waals surface area contributed by atoms with Crippen LogP contribution in [0.25, 0.3) is 0 Å². The van der Waals surface area contributed by atoms with Crippen molar-refractivity contribution in [1.82, 2.24) is 15.2 Å². The van der Waals surface area contributed by atoms with Gasteiger partial charge in [0.25, 0.3) is 0 Å². The van der Waals surface area contributed by atoms with Crippen LogP contribution in [-0.4, -0.2) is 50.4 Å². The third kappa shape index (κ3) is 5.33. The minimum Gasteiger partial charge on any atom is -0.326 e. The standard InChI is InChI=1S/C18H23N5O3S/c19-27(25,26)16-5-1-4-15(11-16)22-18(24)6-9-23-10-8-21-13-17(23)14-3-2-7-20-12-14/h1-5,7,11-12,17,21H,6,8-10,13H2,(H,22,24)(H2,19,25,26). The third-order valence-electron chi connectivity index (χ3n) is 4.50. The van der Waals surface area contributed by atoms with Crippen LogP contribution in [0.2, 0.25) is 0 Å². The lowest BCUT2D eigenvalue weighted by Crippen LogP contribution is -2.46. The molecule has 2 aromatic rings. The Hall–Kier alpha value is -2.33. The summed E-state index contributed by atoms with van der Waals surface area (Å²) in [7, 11) is -3.80. The molecule has 9 heteroatoms. The molecule has 1 atom stereocenters. The van der Waals surface area contributed by atoms with Crippen molar-refractivity contribution in [2.45, 2.75) is 17.4 Å². The Morgan fingerprint density at radius 1 is 1.33 bits per heavy atom. The van der Waals surface area contributed by atoms with Crippen LogP contribution in [0.5, 0.6) is 0 Å². The number of nitrogens with two attached hydrogens (primary N) is 1. The Labute approximate surface area is 158 Å². The summed E-state index contributed by atoms with van der Waals surface area (Å²) in [4.78, 5) is 18.7. The second-order valence-electron chi connectivity index (χ2n) is 6.41. The Bertz CT molecular complexity index is 889. The van der Waals surface area contributed by atoms with Gasteiger partial charge in [0.15, 0.2) is 0 Å². The van der Waals surface area contributed by atoms with E-state index in [2.05, 4.69) is 20.5 Å². The topological polar surface area (TPSA) is 117 Å². The van der Waals surface area contributed by atoms with Crippen LogP contribution in [0.4, 0.5) is 5.69 Å². The van der Waals surface area contributed by atoms with E-state index < -0.39 is 10.0 Å². The van der Waals surface area contributed by atoms with E-state index in [1.54, 1.807) is 18.3 Å². The van der Waals surface area contributed by atoms with Gasteiger partial charge in [0.2, 0.25) is 15.9 Å². The summed E-state index contributed by atoms with van der Waals surface area (Å²) in [5.74, 6) is -0.176. The lowest BCUT2D eigenvalue weighted by molar-refractivity contribution is -0.116. The first-order chi connectivity index (χ1) is 12.9. The molecule has 1 unspecified atom stereocenters. The minimum absolute atomic E-state index is 0.0287. The predicted molar refractivity (Wildman–Crippen MR) is 102 cm³/mol. The summed E-state index contributed by atoms with van der Waals surface area (Å²) in [6.45, 7) is 3.12. The zero-order valence-electron chi connectivity index (χ0n) is 14.8. The van der Waals surface area contributed by atoms with Crippen LogP contribution >= 0.6 is 0 Å². The number of carbonyl (C=O) groups is 1. The van der Waals surface area contributed by atoms with Crippen molar-refractivity contribution in [3.63, 3.8) is 0 Å². The van der Waals surface area contributed by atoms with Crippen molar-refractivity contribution in [3.8, 4) is 0 Å². The first-order valence-corrected chi connectivity index (χ1v) is 10.3. The number of anilines is 1. The van der Waals surface area contributed by atoms with E-state index in [9.17, 15) is 13.2 Å². The number of aromatic nitrogens is 1. The number of amides is 1. The molecule has 1 saturated heterocycles. The van der Waals surface area contributed by atoms with Gasteiger partial charge >= 0.3 is 0 Å². The Kier molecular flexibility index (Phi) is 6.17. The second-order valence-corrected chi connectivity index (χ2v) is 7.97. The second kappa shape index (κ2) is 8.57. The van der Waals surface area contributed by atoms with Gasteiger partial charge in [0.1, 0.15) is 0 Å². The number of benzene rings is 1. The Morgan fingerprint density at radius 3 is 2.93 bits per heavy atom. The lowest BCUT2D eigenvalue weighted by atomic mass is 10.1. The molecule has 27 heavy (non-hydrogen) atoms. The van der Waals surface area contributed by atoms with Gasteiger partial charge in [-0.3, -0.25) is 14.7 Å². The normalized spacial score (nSPS) is 18.2. The molecule has 8 nitrogen and oxygen atoms in total. The van der Waals surface area contributed by atoms with Gasteiger partial charge in [-0.15, -0.1) is 0 Å². The van der Waals surface area contributed by atoms with E-state index in [1.165, 1.54) is 12.1 Å². The summed E-state index contributed by atoms with van der Waals surface area (Å²) in [6, 6.07) is 10.1. The highest BCUT2D eigenvalue weighted by Gasteiger charge is 2.24. The molecule has 1 aromatic carbocycles. The highest BCUT2D eigenvalue weighted by atomic mass is 32.2. The molecular formula is C18H23N5O3S. The summed E-state index contributed by atoms with van der Waals surface area (Å²) in [6.07, 6.45) is 3.90. The summed E-state index contributed by atoms with van der Waals surface area (Å²) in [5.41, 5.74) is 1.53. The third-order valence-corrected chi connectivity index (χ3v) is 5.41. The summed E-state index contributed by atoms with van der Waals surface area (Å²) < 4.78 is 22.8. The molecule has 1 aliphatic rings. The van der Waals surface area contributed by atoms with Gasteiger partial charge in [0, 0.05) is 56.7 Å². The number of pyridine rings is 1. The molecule has 1 aliphatic heterocycles. The van der Waals surface area contributed by atoms with Crippen molar-refractivity contribution in [2.24, 2.45) is 5.14 Å². The maximum atomic E-state index is 12.3. The number of sulfonamides is 1. The first-order valence-electron chi connectivity index (χ1n) is 8.71. The zero-order valence-corrected chi connectivity index (χ0v) is 15.7. The van der Waals surface area contributed by atoms with Gasteiger partial charge in [-0.2, -0.15) is 0 Å². The van der Waals surface area contributed by atoms with Crippen LogP contribution in [0.1, 0.15) is 18.0 Å². The van der Waals surface area contributed by atoms with Crippen molar-refractivity contribution in [3.05, 3.63) is 54.4 Å². The molecule has 1 aromatic heterocycles. The first kappa shape index (κ1) is 19.4. The molecule has 4 N–H and O–H groups in total. The molecule has 0 aliphatic carbocycles. The van der Waals surface area contributed by atoms with Gasteiger partial charge in [-0.05, 0) is 29.8 Å². The maximum Gasteiger partial charge on any atom is 0.238 e. The van der Waals surface area contributed by atoms with Crippen LogP contribution in [-0.2, 0) is 14.8 Å². The minimum atomic E-state index is -3.80. The van der Waals surface area contributed by atoms with E-state index in [-0.39, 0.29) is 16.8 Å². The zero-order chi connectivity index (χ0) is 19.3. The molecular weight excluding hydrogens is 366 g/mol. The fourth-order valence-electron chi connectivity index (χ4n) is 3.14. The lowest BCUT2D eigenvalue weighted by Gasteiger charge is -2.36. The number of nitrogens with one attached hydrogen (secondary N) is 2. The average Bonchev–Trinajstić information content (AvgIpc) is 2.67. The van der Waals surface area contributed by atoms with Crippen LogP contribution in [0, 0.1) is 0 Å². The van der Waals surface area contributed by atoms with E-state index in [0.29, 0.717) is 18.7 Å². The molecule has 144 valence electrons. The molecule has 3 rings (SSSR count). The molecule has 0 radical (unpaired) electrons. The molecule has 0 bridgehead atoms. The van der Waals surface area contributed by atoms with Crippen LogP contribution in [0.15, 0.2) is 53.7 Å². The monoisotopic (exact) mass is 389 g/mol. The van der Waals surface area contributed by atoms with Crippen LogP contribution in [0.3, 0.4) is 0 Å². The number of piperazine rings is 1. The van der Waals surface area contributed by atoms with E-state index in [4.69, 9.17) is 5.14 Å². The molecule has 1 amide bonds. The highest BCUT2D eigenvalue weighted by molar-refractivity contribution is 7.89. The number of nitrogens with zero attached hydrogens (tertiary/aromatic N) is 2. The summed E-state index contributed by atoms with van der Waals surface area (Å²) in [5, 5.41) is 11.2. The predicted octanol–water partition coefficient (Wildman–Crippen LogP) is 0.704. The molecule has 0 spiro atoms. The van der Waals surface area contributed by atoms with Crippen molar-refractivity contribution >= 4 is 21.6 Å². The van der Waals surface area contributed by atoms with E-state index in [0.717, 1.165) is 25.2 Å². The SMILES string of the molecule is NS(=O)(=O)c1cccc(NC(=O)CCN2CCNCC2c2cccnc2)c1. The van der Waals surface area contributed by atoms with Gasteiger partial charge < -0.3 is 10.6 Å². The van der Waals surface area contributed by atoms with Gasteiger partial charge in [-0.1, -0.05) is 12.1 Å². The van der Waals surface area contributed by atoms with E-state index >= 15 is 0 Å². The van der Waals surface area contributed by atoms with Crippen molar-refractivity contribution < 1.29 is 13.2 Å². The quantitative estimate of drug-likeness (QED) is 0.670. The number of hydrogen-bond donors (Lipinski definition) is 3. The fourth-order valence-corrected chi connectivity index (χ4v) is 3.69. The Morgan fingerprint density at radius 2 is 2.19 bits per heavy atom. The molecule has 0 saturated carbocycles. The van der Waals surface area contributed by atoms with Crippen molar-refractivity contribution in [2.75, 3.05) is 31.5 Å². The number of primary sulfonamides is 1. The summed E-state index contributed by atoms with van der Waals surface area (Å²) >= 11 is 0. The van der Waals surface area contributed by atoms with Crippen LogP contribution < -0.4 is 15.8 Å². The van der Waals surface area contributed by atoms with Gasteiger partial charge in [0.05, 0.1) is 4.90 Å². The molecule has 2 heterocycles. The molecule has 1 fully saturated rings. The maximum absolute atomic E-state index is 12.3. The van der Waals surface area contributed by atoms with Gasteiger partial charge in [-0.25, -0.2) is 13.6 Å². The fraction of sp³-hybridized carbons (Fsp3) is 0.333. The number of hydrogen-bond acceptors (Lipinski definition) is 6. The van der Waals surface area contributed by atoms with E-state index in [1.807, 2.05) is 18.3 Å². The largest absolute Gasteiger partial charge is 0.326 e.